The highest BCUT2D eigenvalue weighted by Crippen LogP contribution is 2.15. The number of allylic oxidation sites excluding steroid dienone is 4. The van der Waals surface area contributed by atoms with Gasteiger partial charge in [0.25, 0.3) is 0 Å². The lowest BCUT2D eigenvalue weighted by molar-refractivity contribution is -0.167. The number of esters is 3. The van der Waals surface area contributed by atoms with Crippen LogP contribution in [-0.4, -0.2) is 37.2 Å². The number of carbonyl (C=O) groups is 3. The molecule has 0 heterocycles. The summed E-state index contributed by atoms with van der Waals surface area (Å²) in [7, 11) is 0. The molecule has 0 saturated carbocycles. The van der Waals surface area contributed by atoms with Crippen molar-refractivity contribution in [1.82, 2.24) is 0 Å². The number of hydrogen-bond acceptors (Lipinski definition) is 6. The van der Waals surface area contributed by atoms with Crippen LogP contribution < -0.4 is 0 Å². The number of hydrogen-bond donors (Lipinski definition) is 0. The average molecular weight is 831 g/mol. The quantitative estimate of drug-likeness (QED) is 0.0263. The molecule has 0 aliphatic carbocycles. The molecule has 0 aliphatic heterocycles. The van der Waals surface area contributed by atoms with E-state index in [0.717, 1.165) is 70.6 Å². The smallest absolute Gasteiger partial charge is 0.306 e. The van der Waals surface area contributed by atoms with Gasteiger partial charge < -0.3 is 14.2 Å². The summed E-state index contributed by atoms with van der Waals surface area (Å²) in [5, 5.41) is 0. The maximum Gasteiger partial charge on any atom is 0.306 e. The monoisotopic (exact) mass is 831 g/mol. The molecule has 0 bridgehead atoms. The molecule has 0 amide bonds. The average Bonchev–Trinajstić information content (AvgIpc) is 3.23. The molecule has 0 saturated heterocycles. The van der Waals surface area contributed by atoms with Gasteiger partial charge in [0.2, 0.25) is 0 Å². The van der Waals surface area contributed by atoms with Crippen molar-refractivity contribution >= 4 is 17.9 Å². The van der Waals surface area contributed by atoms with Crippen LogP contribution in [0.5, 0.6) is 0 Å². The van der Waals surface area contributed by atoms with E-state index >= 15 is 0 Å². The Kier molecular flexibility index (Phi) is 46.8. The molecule has 0 rings (SSSR count). The van der Waals surface area contributed by atoms with Gasteiger partial charge in [0.1, 0.15) is 13.2 Å². The van der Waals surface area contributed by atoms with E-state index in [1.807, 2.05) is 0 Å². The Balaban J connectivity index is 4.36. The van der Waals surface area contributed by atoms with Gasteiger partial charge in [-0.25, -0.2) is 0 Å². The van der Waals surface area contributed by atoms with Crippen molar-refractivity contribution in [2.75, 3.05) is 13.2 Å². The summed E-state index contributed by atoms with van der Waals surface area (Å²) in [4.78, 5) is 37.9. The molecular weight excluding hydrogens is 733 g/mol. The first-order chi connectivity index (χ1) is 29.0. The van der Waals surface area contributed by atoms with Crippen LogP contribution in [0, 0.1) is 0 Å². The van der Waals surface area contributed by atoms with Gasteiger partial charge in [-0.15, -0.1) is 0 Å². The summed E-state index contributed by atoms with van der Waals surface area (Å²) in [6, 6.07) is 0. The highest BCUT2D eigenvalue weighted by molar-refractivity contribution is 5.71. The SMILES string of the molecule is CCCCCCCC/C=C\CCCCCCCC(=O)OC[C@H](COC(=O)CCCCCCCCCCCCC)OC(=O)CCCCCCC/C=C\CCCCCCCC. The van der Waals surface area contributed by atoms with E-state index in [4.69, 9.17) is 14.2 Å². The lowest BCUT2D eigenvalue weighted by Crippen LogP contribution is -2.30. The number of rotatable bonds is 47. The predicted octanol–water partition coefficient (Wildman–Crippen LogP) is 16.8. The lowest BCUT2D eigenvalue weighted by atomic mass is 10.1. The standard InChI is InChI=1S/C53H98O6/c1-4-7-10-13-16-19-22-24-26-28-31-34-37-40-43-46-52(55)58-49-50(48-57-51(54)45-42-39-36-33-30-21-18-15-12-9-6-3)59-53(56)47-44-41-38-35-32-29-27-25-23-20-17-14-11-8-5-2/h24-27,50H,4-23,28-49H2,1-3H3/b26-24-,27-25-/t50-/m0/s1. The Hall–Kier alpha value is -2.11. The van der Waals surface area contributed by atoms with Crippen LogP contribution in [0.2, 0.25) is 0 Å². The van der Waals surface area contributed by atoms with E-state index in [-0.39, 0.29) is 31.1 Å². The first-order valence-electron chi connectivity index (χ1n) is 25.8. The molecule has 0 radical (unpaired) electrons. The van der Waals surface area contributed by atoms with Gasteiger partial charge in [-0.3, -0.25) is 14.4 Å². The summed E-state index contributed by atoms with van der Waals surface area (Å²) in [6.45, 7) is 6.63. The lowest BCUT2D eigenvalue weighted by Gasteiger charge is -2.18. The minimum atomic E-state index is -0.773. The Morgan fingerprint density at radius 3 is 0.847 bits per heavy atom. The third-order valence-electron chi connectivity index (χ3n) is 11.4. The molecular formula is C53H98O6. The van der Waals surface area contributed by atoms with Crippen molar-refractivity contribution < 1.29 is 28.6 Å². The maximum atomic E-state index is 12.8. The summed E-state index contributed by atoms with van der Waals surface area (Å²) in [5.74, 6) is -0.880. The van der Waals surface area contributed by atoms with E-state index in [1.54, 1.807) is 0 Å². The Morgan fingerprint density at radius 2 is 0.559 bits per heavy atom. The van der Waals surface area contributed by atoms with Gasteiger partial charge in [0.05, 0.1) is 0 Å². The van der Waals surface area contributed by atoms with E-state index in [2.05, 4.69) is 45.1 Å². The molecule has 0 N–H and O–H groups in total. The number of unbranched alkanes of at least 4 members (excludes halogenated alkanes) is 32. The second kappa shape index (κ2) is 48.6. The normalized spacial score (nSPS) is 12.1. The molecule has 0 spiro atoms. The highest BCUT2D eigenvalue weighted by Gasteiger charge is 2.19. The highest BCUT2D eigenvalue weighted by atomic mass is 16.6. The number of ether oxygens (including phenoxy) is 3. The van der Waals surface area contributed by atoms with Crippen LogP contribution in [-0.2, 0) is 28.6 Å². The third-order valence-corrected chi connectivity index (χ3v) is 11.4. The first-order valence-corrected chi connectivity index (χ1v) is 25.8. The Labute approximate surface area is 366 Å². The van der Waals surface area contributed by atoms with Crippen molar-refractivity contribution in [3.05, 3.63) is 24.3 Å². The fraction of sp³-hybridized carbons (Fsp3) is 0.868. The molecule has 1 atom stereocenters. The predicted molar refractivity (Wildman–Crippen MR) is 252 cm³/mol. The molecule has 0 aromatic carbocycles. The van der Waals surface area contributed by atoms with Crippen molar-refractivity contribution in [3.8, 4) is 0 Å². The van der Waals surface area contributed by atoms with Crippen LogP contribution >= 0.6 is 0 Å². The summed E-state index contributed by atoms with van der Waals surface area (Å²) >= 11 is 0. The minimum absolute atomic E-state index is 0.0737. The van der Waals surface area contributed by atoms with Gasteiger partial charge in [-0.1, -0.05) is 212 Å². The Morgan fingerprint density at radius 1 is 0.322 bits per heavy atom. The third kappa shape index (κ3) is 46.8. The molecule has 0 fully saturated rings. The Bertz CT molecular complexity index is 958. The van der Waals surface area contributed by atoms with Gasteiger partial charge in [-0.2, -0.15) is 0 Å². The molecule has 59 heavy (non-hydrogen) atoms. The first kappa shape index (κ1) is 56.9. The summed E-state index contributed by atoms with van der Waals surface area (Å²) in [5.41, 5.74) is 0. The van der Waals surface area contributed by atoms with Crippen molar-refractivity contribution in [2.24, 2.45) is 0 Å². The molecule has 346 valence electrons. The van der Waals surface area contributed by atoms with Gasteiger partial charge in [0, 0.05) is 19.3 Å². The molecule has 0 aromatic heterocycles. The van der Waals surface area contributed by atoms with Crippen LogP contribution in [0.1, 0.15) is 278 Å². The fourth-order valence-electron chi connectivity index (χ4n) is 7.49. The van der Waals surface area contributed by atoms with Crippen LogP contribution in [0.4, 0.5) is 0 Å². The van der Waals surface area contributed by atoms with Crippen molar-refractivity contribution in [1.29, 1.82) is 0 Å². The van der Waals surface area contributed by atoms with E-state index in [9.17, 15) is 14.4 Å². The van der Waals surface area contributed by atoms with Gasteiger partial charge in [0.15, 0.2) is 6.10 Å². The van der Waals surface area contributed by atoms with Gasteiger partial charge >= 0.3 is 17.9 Å². The zero-order valence-corrected chi connectivity index (χ0v) is 39.5. The summed E-state index contributed by atoms with van der Waals surface area (Å²) < 4.78 is 16.8. The fourth-order valence-corrected chi connectivity index (χ4v) is 7.49. The maximum absolute atomic E-state index is 12.8. The van der Waals surface area contributed by atoms with E-state index < -0.39 is 6.10 Å². The molecule has 6 heteroatoms. The van der Waals surface area contributed by atoms with E-state index in [0.29, 0.717) is 19.3 Å². The zero-order valence-electron chi connectivity index (χ0n) is 39.5. The van der Waals surface area contributed by atoms with Crippen LogP contribution in [0.25, 0.3) is 0 Å². The molecule has 0 unspecified atom stereocenters. The zero-order chi connectivity index (χ0) is 43.0. The van der Waals surface area contributed by atoms with Crippen LogP contribution in [0.3, 0.4) is 0 Å². The van der Waals surface area contributed by atoms with E-state index in [1.165, 1.54) is 167 Å². The second-order valence-electron chi connectivity index (χ2n) is 17.4. The van der Waals surface area contributed by atoms with Crippen molar-refractivity contribution in [2.45, 2.75) is 284 Å². The molecule has 6 nitrogen and oxygen atoms in total. The van der Waals surface area contributed by atoms with Crippen molar-refractivity contribution in [3.63, 3.8) is 0 Å². The number of carbonyl (C=O) groups excluding carboxylic acids is 3. The second-order valence-corrected chi connectivity index (χ2v) is 17.4. The largest absolute Gasteiger partial charge is 0.462 e. The molecule has 0 aliphatic rings. The van der Waals surface area contributed by atoms with Crippen LogP contribution in [0.15, 0.2) is 24.3 Å². The van der Waals surface area contributed by atoms with Gasteiger partial charge in [-0.05, 0) is 70.6 Å². The molecule has 0 aromatic rings. The minimum Gasteiger partial charge on any atom is -0.462 e. The topological polar surface area (TPSA) is 78.9 Å². The summed E-state index contributed by atoms with van der Waals surface area (Å²) in [6.07, 6.45) is 54.4.